The molecule has 5 heteroatoms. The minimum Gasteiger partial charge on any atom is -0.381 e. The summed E-state index contributed by atoms with van der Waals surface area (Å²) >= 11 is 0. The molecule has 2 saturated heterocycles. The zero-order valence-electron chi connectivity index (χ0n) is 16.0. The molecule has 0 amide bonds. The molecule has 1 atom stereocenters. The van der Waals surface area contributed by atoms with Crippen molar-refractivity contribution in [2.24, 2.45) is 10.4 Å². The van der Waals surface area contributed by atoms with Gasteiger partial charge in [0.15, 0.2) is 5.96 Å². The minimum atomic E-state index is 0. The van der Waals surface area contributed by atoms with Crippen LogP contribution in [0.2, 0.25) is 0 Å². The summed E-state index contributed by atoms with van der Waals surface area (Å²) in [6, 6.07) is 8.66. The van der Waals surface area contributed by atoms with E-state index >= 15 is 0 Å². The molecule has 2 aliphatic rings. The molecule has 1 aromatic carbocycles. The number of likely N-dealkylation sites (tertiary alicyclic amines) is 1. The van der Waals surface area contributed by atoms with Crippen LogP contribution in [0, 0.1) is 12.3 Å². The molecular weight excluding hydrogens is 425 g/mol. The Hall–Kier alpha value is -0.820. The van der Waals surface area contributed by atoms with Crippen molar-refractivity contribution in [3.8, 4) is 0 Å². The SMILES string of the molecule is CN=C(NCC(C)(C)c1ccccc1C)N1CCC2(CCOC2)C1.I. The van der Waals surface area contributed by atoms with Crippen LogP contribution in [0.5, 0.6) is 0 Å². The molecule has 1 N–H and O–H groups in total. The summed E-state index contributed by atoms with van der Waals surface area (Å²) in [6.07, 6.45) is 2.41. The molecule has 2 fully saturated rings. The largest absolute Gasteiger partial charge is 0.381 e. The second-order valence-electron chi connectivity index (χ2n) is 8.07. The Kier molecular flexibility index (Phi) is 6.76. The van der Waals surface area contributed by atoms with E-state index in [4.69, 9.17) is 4.74 Å². The van der Waals surface area contributed by atoms with Gasteiger partial charge in [-0.1, -0.05) is 38.1 Å². The highest BCUT2D eigenvalue weighted by molar-refractivity contribution is 14.0. The number of ether oxygens (including phenoxy) is 1. The van der Waals surface area contributed by atoms with E-state index in [1.165, 1.54) is 24.0 Å². The monoisotopic (exact) mass is 457 g/mol. The summed E-state index contributed by atoms with van der Waals surface area (Å²) in [6.45, 7) is 11.6. The van der Waals surface area contributed by atoms with Crippen LogP contribution >= 0.6 is 24.0 Å². The number of nitrogens with one attached hydrogen (secondary N) is 1. The first-order valence-electron chi connectivity index (χ1n) is 9.05. The van der Waals surface area contributed by atoms with Gasteiger partial charge in [-0.3, -0.25) is 4.99 Å². The number of benzene rings is 1. The maximum atomic E-state index is 5.64. The van der Waals surface area contributed by atoms with Gasteiger partial charge in [0.1, 0.15) is 0 Å². The van der Waals surface area contributed by atoms with Crippen LogP contribution < -0.4 is 5.32 Å². The van der Waals surface area contributed by atoms with Crippen molar-refractivity contribution in [2.75, 3.05) is 39.9 Å². The molecule has 3 rings (SSSR count). The highest BCUT2D eigenvalue weighted by atomic mass is 127. The number of halogens is 1. The second kappa shape index (κ2) is 8.25. The van der Waals surface area contributed by atoms with E-state index in [1.54, 1.807) is 0 Å². The number of aryl methyl sites for hydroxylation is 1. The number of rotatable bonds is 3. The summed E-state index contributed by atoms with van der Waals surface area (Å²) in [5.41, 5.74) is 3.18. The Morgan fingerprint density at radius 2 is 2.08 bits per heavy atom. The van der Waals surface area contributed by atoms with Crippen LogP contribution in [0.3, 0.4) is 0 Å². The predicted molar refractivity (Wildman–Crippen MR) is 115 cm³/mol. The lowest BCUT2D eigenvalue weighted by atomic mass is 9.82. The van der Waals surface area contributed by atoms with Crippen molar-refractivity contribution in [1.82, 2.24) is 10.2 Å². The standard InChI is InChI=1S/C20H31N3O.HI/c1-16-7-5-6-8-17(16)19(2,3)13-22-18(21-4)23-11-9-20(14-23)10-12-24-15-20;/h5-8H,9-15H2,1-4H3,(H,21,22);1H. The van der Waals surface area contributed by atoms with Crippen molar-refractivity contribution < 1.29 is 4.74 Å². The van der Waals surface area contributed by atoms with Gasteiger partial charge in [0.05, 0.1) is 6.61 Å². The van der Waals surface area contributed by atoms with Gasteiger partial charge >= 0.3 is 0 Å². The first-order valence-corrected chi connectivity index (χ1v) is 9.05. The molecule has 25 heavy (non-hydrogen) atoms. The fraction of sp³-hybridized carbons (Fsp3) is 0.650. The quantitative estimate of drug-likeness (QED) is 0.429. The van der Waals surface area contributed by atoms with E-state index in [1.807, 2.05) is 7.05 Å². The van der Waals surface area contributed by atoms with Crippen molar-refractivity contribution >= 4 is 29.9 Å². The molecule has 1 spiro atoms. The summed E-state index contributed by atoms with van der Waals surface area (Å²) in [4.78, 5) is 6.94. The van der Waals surface area contributed by atoms with Crippen LogP contribution in [-0.4, -0.2) is 50.8 Å². The van der Waals surface area contributed by atoms with E-state index in [9.17, 15) is 0 Å². The van der Waals surface area contributed by atoms with Gasteiger partial charge in [-0.05, 0) is 30.9 Å². The topological polar surface area (TPSA) is 36.9 Å². The summed E-state index contributed by atoms with van der Waals surface area (Å²) in [5, 5.41) is 3.62. The normalized spacial score (nSPS) is 23.8. The third-order valence-corrected chi connectivity index (χ3v) is 5.70. The van der Waals surface area contributed by atoms with Crippen LogP contribution in [0.1, 0.15) is 37.8 Å². The van der Waals surface area contributed by atoms with Gasteiger partial charge in [0.25, 0.3) is 0 Å². The predicted octanol–water partition coefficient (Wildman–Crippen LogP) is 3.58. The maximum absolute atomic E-state index is 5.64. The highest BCUT2D eigenvalue weighted by Gasteiger charge is 2.42. The molecule has 0 bridgehead atoms. The van der Waals surface area contributed by atoms with Crippen LogP contribution in [0.4, 0.5) is 0 Å². The molecule has 2 aliphatic heterocycles. The Morgan fingerprint density at radius 3 is 2.72 bits per heavy atom. The number of guanidine groups is 1. The zero-order valence-corrected chi connectivity index (χ0v) is 18.3. The number of hydrogen-bond donors (Lipinski definition) is 1. The van der Waals surface area contributed by atoms with Gasteiger partial charge in [-0.25, -0.2) is 0 Å². The molecule has 1 aromatic rings. The molecule has 0 radical (unpaired) electrons. The lowest BCUT2D eigenvalue weighted by Crippen LogP contribution is -2.45. The summed E-state index contributed by atoms with van der Waals surface area (Å²) < 4.78 is 5.64. The van der Waals surface area contributed by atoms with Crippen molar-refractivity contribution in [3.05, 3.63) is 35.4 Å². The summed E-state index contributed by atoms with van der Waals surface area (Å²) in [7, 11) is 1.89. The first kappa shape index (κ1) is 20.5. The fourth-order valence-electron chi connectivity index (χ4n) is 4.15. The smallest absolute Gasteiger partial charge is 0.193 e. The van der Waals surface area contributed by atoms with E-state index < -0.39 is 0 Å². The average Bonchev–Trinajstić information content (AvgIpc) is 3.19. The van der Waals surface area contributed by atoms with Gasteiger partial charge in [0, 0.05) is 44.1 Å². The third-order valence-electron chi connectivity index (χ3n) is 5.70. The Bertz CT molecular complexity index is 609. The van der Waals surface area contributed by atoms with E-state index in [2.05, 4.69) is 60.2 Å². The fourth-order valence-corrected chi connectivity index (χ4v) is 4.15. The Morgan fingerprint density at radius 1 is 1.32 bits per heavy atom. The molecule has 2 heterocycles. The lowest BCUT2D eigenvalue weighted by molar-refractivity contribution is 0.156. The molecular formula is C20H32IN3O. The minimum absolute atomic E-state index is 0. The molecule has 1 unspecified atom stereocenters. The summed E-state index contributed by atoms with van der Waals surface area (Å²) in [5.74, 6) is 1.03. The van der Waals surface area contributed by atoms with E-state index in [0.717, 1.165) is 38.8 Å². The third kappa shape index (κ3) is 4.48. The van der Waals surface area contributed by atoms with E-state index in [0.29, 0.717) is 5.41 Å². The Labute approximate surface area is 169 Å². The zero-order chi connectivity index (χ0) is 17.2. The second-order valence-corrected chi connectivity index (χ2v) is 8.07. The van der Waals surface area contributed by atoms with Crippen LogP contribution in [0.25, 0.3) is 0 Å². The van der Waals surface area contributed by atoms with Crippen LogP contribution in [0.15, 0.2) is 29.3 Å². The first-order chi connectivity index (χ1) is 11.5. The van der Waals surface area contributed by atoms with Gasteiger partial charge < -0.3 is 15.0 Å². The van der Waals surface area contributed by atoms with Gasteiger partial charge in [-0.2, -0.15) is 0 Å². The molecule has 0 aliphatic carbocycles. The molecule has 4 nitrogen and oxygen atoms in total. The molecule has 140 valence electrons. The van der Waals surface area contributed by atoms with E-state index in [-0.39, 0.29) is 29.4 Å². The average molecular weight is 457 g/mol. The van der Waals surface area contributed by atoms with Gasteiger partial charge in [0.2, 0.25) is 0 Å². The van der Waals surface area contributed by atoms with Crippen molar-refractivity contribution in [2.45, 2.75) is 39.0 Å². The molecule has 0 aromatic heterocycles. The van der Waals surface area contributed by atoms with Crippen molar-refractivity contribution in [1.29, 1.82) is 0 Å². The molecule has 0 saturated carbocycles. The Balaban J connectivity index is 0.00000225. The highest BCUT2D eigenvalue weighted by Crippen LogP contribution is 2.38. The van der Waals surface area contributed by atoms with Crippen LogP contribution in [-0.2, 0) is 10.2 Å². The number of aliphatic imine (C=N–C) groups is 1. The lowest BCUT2D eigenvalue weighted by Gasteiger charge is -2.31. The van der Waals surface area contributed by atoms with Gasteiger partial charge in [-0.15, -0.1) is 24.0 Å². The maximum Gasteiger partial charge on any atom is 0.193 e. The number of hydrogen-bond acceptors (Lipinski definition) is 2. The number of nitrogens with zero attached hydrogens (tertiary/aromatic N) is 2. The van der Waals surface area contributed by atoms with Crippen molar-refractivity contribution in [3.63, 3.8) is 0 Å².